The molecule has 0 saturated carbocycles. The largest absolute Gasteiger partial charge is 0.496 e. The smallest absolute Gasteiger partial charge is 0.262 e. The number of methoxy groups -OCH3 is 1. The third-order valence-corrected chi connectivity index (χ3v) is 4.68. The number of hydrogen-bond acceptors (Lipinski definition) is 4. The lowest BCUT2D eigenvalue weighted by atomic mass is 10.1. The van der Waals surface area contributed by atoms with Crippen molar-refractivity contribution in [2.75, 3.05) is 39.8 Å². The minimum absolute atomic E-state index is 0.205. The van der Waals surface area contributed by atoms with Crippen molar-refractivity contribution in [2.45, 2.75) is 24.9 Å². The highest BCUT2D eigenvalue weighted by atomic mass is 19.3. The van der Waals surface area contributed by atoms with Crippen molar-refractivity contribution < 1.29 is 18.3 Å². The summed E-state index contributed by atoms with van der Waals surface area (Å²) in [6, 6.07) is 7.12. The first kappa shape index (κ1) is 17.1. The second-order valence-electron chi connectivity index (χ2n) is 6.41. The van der Waals surface area contributed by atoms with Gasteiger partial charge < -0.3 is 9.64 Å². The fourth-order valence-corrected chi connectivity index (χ4v) is 3.31. The number of piperazine rings is 1. The summed E-state index contributed by atoms with van der Waals surface area (Å²) < 4.78 is 31.9. The van der Waals surface area contributed by atoms with Gasteiger partial charge >= 0.3 is 0 Å². The molecule has 0 bridgehead atoms. The first-order chi connectivity index (χ1) is 11.5. The average Bonchev–Trinajstić information content (AvgIpc) is 2.95. The number of benzene rings is 1. The Morgan fingerprint density at radius 1 is 1.29 bits per heavy atom. The molecule has 2 aliphatic rings. The zero-order valence-electron chi connectivity index (χ0n) is 13.8. The Morgan fingerprint density at radius 3 is 2.62 bits per heavy atom. The number of carbonyl (C=O) groups excluding carboxylic acids is 1. The Kier molecular flexibility index (Phi) is 5.01. The molecule has 1 aromatic carbocycles. The molecule has 1 unspecified atom stereocenters. The number of halogens is 2. The average molecular weight is 339 g/mol. The van der Waals surface area contributed by atoms with E-state index in [-0.39, 0.29) is 5.91 Å². The molecule has 2 aliphatic heterocycles. The Balaban J connectivity index is 1.52. The number of hydrogen-bond donors (Lipinski definition) is 1. The number of nitrogens with one attached hydrogen (secondary N) is 1. The van der Waals surface area contributed by atoms with E-state index in [0.29, 0.717) is 13.1 Å². The molecular weight excluding hydrogens is 316 g/mol. The van der Waals surface area contributed by atoms with E-state index in [2.05, 4.69) is 10.2 Å². The van der Waals surface area contributed by atoms with Gasteiger partial charge in [0.25, 0.3) is 5.92 Å². The predicted octanol–water partition coefficient (Wildman–Crippen LogP) is 1.34. The molecule has 2 heterocycles. The highest BCUT2D eigenvalue weighted by Crippen LogP contribution is 2.26. The number of nitrogens with zero attached hydrogens (tertiary/aromatic N) is 2. The van der Waals surface area contributed by atoms with Crippen molar-refractivity contribution in [2.24, 2.45) is 0 Å². The monoisotopic (exact) mass is 339 g/mol. The van der Waals surface area contributed by atoms with Crippen molar-refractivity contribution in [3.63, 3.8) is 0 Å². The van der Waals surface area contributed by atoms with Crippen LogP contribution in [-0.4, -0.2) is 67.5 Å². The van der Waals surface area contributed by atoms with E-state index < -0.39 is 24.9 Å². The maximum atomic E-state index is 13.2. The number of rotatable bonds is 4. The van der Waals surface area contributed by atoms with E-state index in [1.807, 2.05) is 24.3 Å². The third-order valence-electron chi connectivity index (χ3n) is 4.68. The molecule has 1 atom stereocenters. The standard InChI is InChI=1S/C17H23F2N3O2/c1-24-15-5-3-2-4-13(15)11-21-6-8-22(9-7-21)16(23)14-10-17(18,19)12-20-14/h2-5,14,20H,6-12H2,1H3. The lowest BCUT2D eigenvalue weighted by Crippen LogP contribution is -2.52. The fraction of sp³-hybridized carbons (Fsp3) is 0.588. The quantitative estimate of drug-likeness (QED) is 0.899. The zero-order chi connectivity index (χ0) is 17.2. The maximum Gasteiger partial charge on any atom is 0.262 e. The van der Waals surface area contributed by atoms with E-state index in [1.54, 1.807) is 12.0 Å². The van der Waals surface area contributed by atoms with E-state index >= 15 is 0 Å². The van der Waals surface area contributed by atoms with Gasteiger partial charge in [-0.15, -0.1) is 0 Å². The minimum Gasteiger partial charge on any atom is -0.496 e. The topological polar surface area (TPSA) is 44.8 Å². The van der Waals surface area contributed by atoms with Crippen molar-refractivity contribution in [1.82, 2.24) is 15.1 Å². The van der Waals surface area contributed by atoms with Crippen LogP contribution in [0.1, 0.15) is 12.0 Å². The number of amides is 1. The molecule has 7 heteroatoms. The van der Waals surface area contributed by atoms with Crippen LogP contribution in [0.3, 0.4) is 0 Å². The van der Waals surface area contributed by atoms with Gasteiger partial charge in [0.05, 0.1) is 19.7 Å². The highest BCUT2D eigenvalue weighted by molar-refractivity contribution is 5.82. The molecule has 0 aromatic heterocycles. The van der Waals surface area contributed by atoms with Crippen LogP contribution < -0.4 is 10.1 Å². The minimum atomic E-state index is -2.77. The Labute approximate surface area is 140 Å². The van der Waals surface area contributed by atoms with Crippen LogP contribution >= 0.6 is 0 Å². The van der Waals surface area contributed by atoms with Gasteiger partial charge in [-0.05, 0) is 6.07 Å². The summed E-state index contributed by atoms with van der Waals surface area (Å²) in [4.78, 5) is 16.3. The molecule has 1 amide bonds. The lowest BCUT2D eigenvalue weighted by molar-refractivity contribution is -0.135. The molecule has 3 rings (SSSR count). The van der Waals surface area contributed by atoms with Gasteiger partial charge in [-0.25, -0.2) is 8.78 Å². The van der Waals surface area contributed by atoms with E-state index in [9.17, 15) is 13.6 Å². The van der Waals surface area contributed by atoms with Crippen LogP contribution in [-0.2, 0) is 11.3 Å². The van der Waals surface area contributed by atoms with Gasteiger partial charge in [0.15, 0.2) is 0 Å². The predicted molar refractivity (Wildman–Crippen MR) is 86.2 cm³/mol. The van der Waals surface area contributed by atoms with Gasteiger partial charge in [-0.3, -0.25) is 15.0 Å². The summed E-state index contributed by atoms with van der Waals surface area (Å²) in [5.74, 6) is -2.12. The fourth-order valence-electron chi connectivity index (χ4n) is 3.31. The molecule has 0 aliphatic carbocycles. The molecule has 24 heavy (non-hydrogen) atoms. The first-order valence-corrected chi connectivity index (χ1v) is 8.23. The second kappa shape index (κ2) is 7.03. The summed E-state index contributed by atoms with van der Waals surface area (Å²) in [7, 11) is 1.65. The molecule has 0 radical (unpaired) electrons. The third kappa shape index (κ3) is 3.84. The van der Waals surface area contributed by atoms with Crippen LogP contribution in [0.5, 0.6) is 5.75 Å². The highest BCUT2D eigenvalue weighted by Gasteiger charge is 2.43. The Morgan fingerprint density at radius 2 is 2.00 bits per heavy atom. The number of para-hydroxylation sites is 1. The van der Waals surface area contributed by atoms with Gasteiger partial charge in [0, 0.05) is 44.7 Å². The zero-order valence-corrected chi connectivity index (χ0v) is 13.8. The van der Waals surface area contributed by atoms with Crippen LogP contribution in [0.15, 0.2) is 24.3 Å². The van der Waals surface area contributed by atoms with Crippen molar-refractivity contribution in [3.05, 3.63) is 29.8 Å². The summed E-state index contributed by atoms with van der Waals surface area (Å²) in [6.45, 7) is 2.94. The van der Waals surface area contributed by atoms with Gasteiger partial charge in [-0.1, -0.05) is 18.2 Å². The molecule has 1 N–H and O–H groups in total. The summed E-state index contributed by atoms with van der Waals surface area (Å²) in [5, 5.41) is 2.64. The summed E-state index contributed by atoms with van der Waals surface area (Å²) in [6.07, 6.45) is -0.396. The SMILES string of the molecule is COc1ccccc1CN1CCN(C(=O)C2CC(F)(F)CN2)CC1. The van der Waals surface area contributed by atoms with Gasteiger partial charge in [0.2, 0.25) is 5.91 Å². The number of carbonyl (C=O) groups is 1. The van der Waals surface area contributed by atoms with Crippen molar-refractivity contribution in [1.29, 1.82) is 0 Å². The molecule has 2 saturated heterocycles. The normalized spacial score (nSPS) is 24.1. The number of ether oxygens (including phenoxy) is 1. The molecule has 1 aromatic rings. The molecular formula is C17H23F2N3O2. The molecule has 132 valence electrons. The number of alkyl halides is 2. The van der Waals surface area contributed by atoms with Crippen LogP contribution in [0, 0.1) is 0 Å². The van der Waals surface area contributed by atoms with Crippen molar-refractivity contribution in [3.8, 4) is 5.75 Å². The first-order valence-electron chi connectivity index (χ1n) is 8.23. The van der Waals surface area contributed by atoms with Crippen LogP contribution in [0.4, 0.5) is 8.78 Å². The van der Waals surface area contributed by atoms with Crippen molar-refractivity contribution >= 4 is 5.91 Å². The molecule has 2 fully saturated rings. The van der Waals surface area contributed by atoms with Gasteiger partial charge in [0.1, 0.15) is 5.75 Å². The Hall–Kier alpha value is -1.73. The lowest BCUT2D eigenvalue weighted by Gasteiger charge is -2.36. The van der Waals surface area contributed by atoms with Crippen LogP contribution in [0.2, 0.25) is 0 Å². The van der Waals surface area contributed by atoms with E-state index in [0.717, 1.165) is 30.9 Å². The molecule has 5 nitrogen and oxygen atoms in total. The molecule has 0 spiro atoms. The van der Waals surface area contributed by atoms with E-state index in [1.165, 1.54) is 0 Å². The Bertz CT molecular complexity index is 589. The van der Waals surface area contributed by atoms with E-state index in [4.69, 9.17) is 4.74 Å². The second-order valence-corrected chi connectivity index (χ2v) is 6.41. The summed E-state index contributed by atoms with van der Waals surface area (Å²) in [5.41, 5.74) is 1.11. The maximum absolute atomic E-state index is 13.2. The summed E-state index contributed by atoms with van der Waals surface area (Å²) >= 11 is 0. The van der Waals surface area contributed by atoms with Gasteiger partial charge in [-0.2, -0.15) is 0 Å². The van der Waals surface area contributed by atoms with Crippen LogP contribution in [0.25, 0.3) is 0 Å².